The molecule has 2 N–H and O–H groups in total. The summed E-state index contributed by atoms with van der Waals surface area (Å²) in [6, 6.07) is 10.4. The number of likely N-dealkylation sites (N-methyl/N-ethyl adjacent to an activating group) is 1. The van der Waals surface area contributed by atoms with Crippen LogP contribution in [0.5, 0.6) is 0 Å². The third-order valence-corrected chi connectivity index (χ3v) is 3.70. The van der Waals surface area contributed by atoms with Crippen LogP contribution in [0.15, 0.2) is 54.5 Å². The number of fused-ring (bicyclic) bond motifs is 1. The molecule has 0 aliphatic carbocycles. The number of aliphatic hydroxyl groups is 2. The minimum atomic E-state index is -1.15. The molecule has 1 aliphatic heterocycles. The second-order valence-electron chi connectivity index (χ2n) is 4.92. The summed E-state index contributed by atoms with van der Waals surface area (Å²) >= 11 is 0. The molecule has 112 valence electrons. The van der Waals surface area contributed by atoms with Gasteiger partial charge in [-0.25, -0.2) is 0 Å². The molecule has 2 heterocycles. The normalized spacial score (nSPS) is 17.2. The Balaban J connectivity index is 2.18. The van der Waals surface area contributed by atoms with Gasteiger partial charge in [-0.05, 0) is 24.3 Å². The van der Waals surface area contributed by atoms with Crippen molar-refractivity contribution in [3.8, 4) is 0 Å². The van der Waals surface area contributed by atoms with E-state index in [1.165, 1.54) is 17.3 Å². The highest BCUT2D eigenvalue weighted by Crippen LogP contribution is 2.37. The number of nitrogens with zero attached hydrogens (tertiary/aromatic N) is 3. The average molecular weight is 297 g/mol. The molecule has 0 radical (unpaired) electrons. The smallest absolute Gasteiger partial charge is 0.218 e. The number of anilines is 2. The van der Waals surface area contributed by atoms with Gasteiger partial charge in [0.15, 0.2) is 6.23 Å². The fourth-order valence-electron chi connectivity index (χ4n) is 2.56. The van der Waals surface area contributed by atoms with Gasteiger partial charge in [-0.3, -0.25) is 14.7 Å². The van der Waals surface area contributed by atoms with Gasteiger partial charge in [0, 0.05) is 30.7 Å². The van der Waals surface area contributed by atoms with Gasteiger partial charge >= 0.3 is 0 Å². The van der Waals surface area contributed by atoms with Crippen molar-refractivity contribution >= 4 is 23.5 Å². The van der Waals surface area contributed by atoms with Crippen LogP contribution in [-0.2, 0) is 4.79 Å². The van der Waals surface area contributed by atoms with E-state index in [0.29, 0.717) is 23.3 Å². The van der Waals surface area contributed by atoms with Gasteiger partial charge < -0.3 is 15.1 Å². The maximum Gasteiger partial charge on any atom is 0.218 e. The Labute approximate surface area is 127 Å². The van der Waals surface area contributed by atoms with Crippen LogP contribution in [0.1, 0.15) is 5.56 Å². The first kappa shape index (κ1) is 14.1. The third-order valence-electron chi connectivity index (χ3n) is 3.70. The summed E-state index contributed by atoms with van der Waals surface area (Å²) in [5.74, 6) is -0.120. The van der Waals surface area contributed by atoms with Crippen LogP contribution in [0.25, 0.3) is 5.76 Å². The summed E-state index contributed by atoms with van der Waals surface area (Å²) in [4.78, 5) is 18.3. The predicted octanol–water partition coefficient (Wildman–Crippen LogP) is 1.74. The number of hydrogen-bond donors (Lipinski definition) is 2. The van der Waals surface area contributed by atoms with Crippen LogP contribution in [0, 0.1) is 0 Å². The number of aromatic nitrogens is 1. The fraction of sp³-hybridized carbons (Fsp3) is 0.125. The summed E-state index contributed by atoms with van der Waals surface area (Å²) in [6.45, 7) is 0. The van der Waals surface area contributed by atoms with E-state index in [4.69, 9.17) is 0 Å². The lowest BCUT2D eigenvalue weighted by atomic mass is 10.0. The Kier molecular flexibility index (Phi) is 3.52. The molecule has 0 bridgehead atoms. The molecule has 6 nitrogen and oxygen atoms in total. The molecule has 1 amide bonds. The van der Waals surface area contributed by atoms with Crippen LogP contribution in [0.3, 0.4) is 0 Å². The fourth-order valence-corrected chi connectivity index (χ4v) is 2.56. The summed E-state index contributed by atoms with van der Waals surface area (Å²) in [6.07, 6.45) is 2.49. The lowest BCUT2D eigenvalue weighted by Gasteiger charge is -2.37. The van der Waals surface area contributed by atoms with Crippen LogP contribution < -0.4 is 9.80 Å². The lowest BCUT2D eigenvalue weighted by Crippen LogP contribution is -2.43. The zero-order chi connectivity index (χ0) is 15.7. The van der Waals surface area contributed by atoms with E-state index < -0.39 is 6.23 Å². The largest absolute Gasteiger partial charge is 0.505 e. The zero-order valence-electron chi connectivity index (χ0n) is 11.9. The first-order valence-corrected chi connectivity index (χ1v) is 6.73. The van der Waals surface area contributed by atoms with Gasteiger partial charge in [0.05, 0.1) is 5.69 Å². The Morgan fingerprint density at radius 1 is 1.23 bits per heavy atom. The zero-order valence-corrected chi connectivity index (χ0v) is 11.9. The number of para-hydroxylation sites is 1. The van der Waals surface area contributed by atoms with Crippen molar-refractivity contribution in [1.29, 1.82) is 0 Å². The van der Waals surface area contributed by atoms with Crippen molar-refractivity contribution in [3.05, 3.63) is 60.1 Å². The number of benzene rings is 1. The lowest BCUT2D eigenvalue weighted by molar-refractivity contribution is -0.107. The molecule has 1 unspecified atom stereocenters. The molecule has 0 saturated heterocycles. The number of rotatable bonds is 3. The van der Waals surface area contributed by atoms with Crippen LogP contribution >= 0.6 is 0 Å². The second kappa shape index (κ2) is 5.50. The van der Waals surface area contributed by atoms with Gasteiger partial charge in [-0.2, -0.15) is 0 Å². The van der Waals surface area contributed by atoms with Crippen molar-refractivity contribution < 1.29 is 15.0 Å². The van der Waals surface area contributed by atoms with Crippen LogP contribution in [0.2, 0.25) is 0 Å². The second-order valence-corrected chi connectivity index (χ2v) is 4.92. The molecular formula is C16H15N3O3. The van der Waals surface area contributed by atoms with Gasteiger partial charge in [-0.1, -0.05) is 12.1 Å². The summed E-state index contributed by atoms with van der Waals surface area (Å²) < 4.78 is 0. The molecule has 22 heavy (non-hydrogen) atoms. The van der Waals surface area contributed by atoms with E-state index >= 15 is 0 Å². The van der Waals surface area contributed by atoms with Crippen LogP contribution in [0.4, 0.5) is 11.4 Å². The Hall–Kier alpha value is -2.86. The monoisotopic (exact) mass is 297 g/mol. The van der Waals surface area contributed by atoms with E-state index in [9.17, 15) is 15.0 Å². The molecule has 2 aromatic rings. The Morgan fingerprint density at radius 2 is 1.91 bits per heavy atom. The first-order valence-electron chi connectivity index (χ1n) is 6.73. The number of carbonyl (C=O) groups excluding carboxylic acids is 1. The van der Waals surface area contributed by atoms with Crippen LogP contribution in [-0.4, -0.2) is 34.9 Å². The van der Waals surface area contributed by atoms with E-state index in [1.54, 1.807) is 42.3 Å². The SMILES string of the molecule is CN1c2ccccc2C(O)=C(N(C=O)c2ccncc2)C1O. The minimum absolute atomic E-state index is 0.113. The van der Waals surface area contributed by atoms with Gasteiger partial charge in [-0.15, -0.1) is 0 Å². The molecule has 1 aliphatic rings. The van der Waals surface area contributed by atoms with Gasteiger partial charge in [0.1, 0.15) is 11.5 Å². The molecule has 1 atom stereocenters. The van der Waals surface area contributed by atoms with Crippen molar-refractivity contribution in [2.45, 2.75) is 6.23 Å². The molecule has 0 fully saturated rings. The first-order chi connectivity index (χ1) is 10.6. The molecule has 6 heteroatoms. The Bertz CT molecular complexity index is 730. The third kappa shape index (κ3) is 2.10. The van der Waals surface area contributed by atoms with Crippen molar-refractivity contribution in [1.82, 2.24) is 4.98 Å². The average Bonchev–Trinajstić information content (AvgIpc) is 2.57. The topological polar surface area (TPSA) is 76.9 Å². The predicted molar refractivity (Wildman–Crippen MR) is 83.2 cm³/mol. The number of pyridine rings is 1. The number of aliphatic hydroxyl groups excluding tert-OH is 2. The molecule has 0 spiro atoms. The highest BCUT2D eigenvalue weighted by Gasteiger charge is 2.33. The quantitative estimate of drug-likeness (QED) is 0.844. The minimum Gasteiger partial charge on any atom is -0.505 e. The summed E-state index contributed by atoms with van der Waals surface area (Å²) in [5, 5.41) is 21.1. The molecule has 0 saturated carbocycles. The van der Waals surface area contributed by atoms with Crippen molar-refractivity contribution in [3.63, 3.8) is 0 Å². The highest BCUT2D eigenvalue weighted by molar-refractivity contribution is 5.89. The van der Waals surface area contributed by atoms with E-state index in [1.807, 2.05) is 6.07 Å². The number of carbonyl (C=O) groups is 1. The molecular weight excluding hydrogens is 282 g/mol. The van der Waals surface area contributed by atoms with Gasteiger partial charge in [0.25, 0.3) is 0 Å². The number of amides is 1. The maximum atomic E-state index is 11.5. The van der Waals surface area contributed by atoms with Crippen molar-refractivity contribution in [2.75, 3.05) is 16.8 Å². The van der Waals surface area contributed by atoms with Gasteiger partial charge in [0.2, 0.25) is 6.41 Å². The maximum absolute atomic E-state index is 11.5. The molecule has 1 aromatic carbocycles. The summed E-state index contributed by atoms with van der Waals surface area (Å²) in [7, 11) is 1.70. The standard InChI is InChI=1S/C16H15N3O3/c1-18-13-5-3-2-4-12(13)15(21)14(16(18)22)19(10-20)11-6-8-17-9-7-11/h2-10,16,21-22H,1H3. The van der Waals surface area contributed by atoms with E-state index in [2.05, 4.69) is 4.98 Å². The summed E-state index contributed by atoms with van der Waals surface area (Å²) in [5.41, 5.74) is 1.88. The molecule has 3 rings (SSSR count). The van der Waals surface area contributed by atoms with E-state index in [-0.39, 0.29) is 11.5 Å². The van der Waals surface area contributed by atoms with Crippen molar-refractivity contribution in [2.24, 2.45) is 0 Å². The van der Waals surface area contributed by atoms with E-state index in [0.717, 1.165) is 0 Å². The highest BCUT2D eigenvalue weighted by atomic mass is 16.3. The number of hydrogen-bond acceptors (Lipinski definition) is 5. The molecule has 1 aromatic heterocycles. The Morgan fingerprint density at radius 3 is 2.59 bits per heavy atom.